The SMILES string of the molecule is NNC(CCc1cccnc1)CCc1cccs1. The molecule has 0 aliphatic rings. The van der Waals surface area contributed by atoms with Crippen LogP contribution in [0.1, 0.15) is 23.3 Å². The molecule has 1 unspecified atom stereocenters. The monoisotopic (exact) mass is 261 g/mol. The molecule has 2 rings (SSSR count). The Morgan fingerprint density at radius 2 is 2.11 bits per heavy atom. The largest absolute Gasteiger partial charge is 0.271 e. The summed E-state index contributed by atoms with van der Waals surface area (Å²) in [7, 11) is 0. The number of hydrogen-bond donors (Lipinski definition) is 2. The molecule has 0 bridgehead atoms. The van der Waals surface area contributed by atoms with Crippen LogP contribution in [0.4, 0.5) is 0 Å². The van der Waals surface area contributed by atoms with Crippen LogP contribution in [0.3, 0.4) is 0 Å². The highest BCUT2D eigenvalue weighted by molar-refractivity contribution is 7.09. The number of nitrogens with zero attached hydrogens (tertiary/aromatic N) is 1. The fourth-order valence-corrected chi connectivity index (χ4v) is 2.69. The minimum absolute atomic E-state index is 0.368. The summed E-state index contributed by atoms with van der Waals surface area (Å²) >= 11 is 1.81. The Bertz CT molecular complexity index is 428. The minimum Gasteiger partial charge on any atom is -0.271 e. The number of aromatic nitrogens is 1. The third kappa shape index (κ3) is 4.22. The molecule has 0 radical (unpaired) electrons. The lowest BCUT2D eigenvalue weighted by Gasteiger charge is -2.15. The lowest BCUT2D eigenvalue weighted by Crippen LogP contribution is -2.35. The van der Waals surface area contributed by atoms with Crippen molar-refractivity contribution in [2.24, 2.45) is 5.84 Å². The summed E-state index contributed by atoms with van der Waals surface area (Å²) in [5.41, 5.74) is 4.19. The van der Waals surface area contributed by atoms with E-state index >= 15 is 0 Å². The number of rotatable bonds is 7. The second kappa shape index (κ2) is 7.26. The van der Waals surface area contributed by atoms with E-state index in [2.05, 4.69) is 34.0 Å². The average Bonchev–Trinajstić information content (AvgIpc) is 2.93. The minimum atomic E-state index is 0.368. The van der Waals surface area contributed by atoms with Crippen LogP contribution < -0.4 is 11.3 Å². The van der Waals surface area contributed by atoms with Gasteiger partial charge in [0, 0.05) is 23.3 Å². The summed E-state index contributed by atoms with van der Waals surface area (Å²) in [6.45, 7) is 0. The zero-order valence-electron chi connectivity index (χ0n) is 10.4. The molecule has 2 aromatic rings. The van der Waals surface area contributed by atoms with Crippen molar-refractivity contribution in [3.05, 3.63) is 52.5 Å². The summed E-state index contributed by atoms with van der Waals surface area (Å²) in [4.78, 5) is 5.55. The van der Waals surface area contributed by atoms with E-state index in [4.69, 9.17) is 5.84 Å². The lowest BCUT2D eigenvalue weighted by atomic mass is 10.0. The quantitative estimate of drug-likeness (QED) is 0.595. The molecule has 1 atom stereocenters. The van der Waals surface area contributed by atoms with Crippen LogP contribution in [0.5, 0.6) is 0 Å². The van der Waals surface area contributed by atoms with E-state index in [-0.39, 0.29) is 0 Å². The number of hydrogen-bond acceptors (Lipinski definition) is 4. The van der Waals surface area contributed by atoms with Gasteiger partial charge in [0.15, 0.2) is 0 Å². The third-order valence-electron chi connectivity index (χ3n) is 3.06. The Kier molecular flexibility index (Phi) is 5.33. The van der Waals surface area contributed by atoms with Gasteiger partial charge >= 0.3 is 0 Å². The molecule has 96 valence electrons. The smallest absolute Gasteiger partial charge is 0.0299 e. The Morgan fingerprint density at radius 1 is 1.22 bits per heavy atom. The summed E-state index contributed by atoms with van der Waals surface area (Å²) in [5.74, 6) is 5.61. The second-order valence-corrected chi connectivity index (χ2v) is 5.41. The maximum absolute atomic E-state index is 5.61. The van der Waals surface area contributed by atoms with Gasteiger partial charge in [-0.1, -0.05) is 12.1 Å². The molecule has 2 aromatic heterocycles. The lowest BCUT2D eigenvalue weighted by molar-refractivity contribution is 0.465. The van der Waals surface area contributed by atoms with Gasteiger partial charge in [0.05, 0.1) is 0 Å². The first-order valence-electron chi connectivity index (χ1n) is 6.26. The van der Waals surface area contributed by atoms with Crippen molar-refractivity contribution in [2.45, 2.75) is 31.7 Å². The first-order chi connectivity index (χ1) is 8.88. The fraction of sp³-hybridized carbons (Fsp3) is 0.357. The molecule has 3 N–H and O–H groups in total. The predicted octanol–water partition coefficient (Wildman–Crippen LogP) is 2.54. The second-order valence-electron chi connectivity index (χ2n) is 4.38. The van der Waals surface area contributed by atoms with Gasteiger partial charge in [-0.15, -0.1) is 11.3 Å². The van der Waals surface area contributed by atoms with E-state index < -0.39 is 0 Å². The van der Waals surface area contributed by atoms with Crippen molar-refractivity contribution in [1.82, 2.24) is 10.4 Å². The van der Waals surface area contributed by atoms with E-state index in [0.717, 1.165) is 25.7 Å². The molecule has 0 fully saturated rings. The zero-order valence-corrected chi connectivity index (χ0v) is 11.2. The van der Waals surface area contributed by atoms with Gasteiger partial charge < -0.3 is 0 Å². The van der Waals surface area contributed by atoms with Gasteiger partial charge in [0.2, 0.25) is 0 Å². The molecule has 4 heteroatoms. The number of aryl methyl sites for hydroxylation is 2. The van der Waals surface area contributed by atoms with Gasteiger partial charge in [0.1, 0.15) is 0 Å². The van der Waals surface area contributed by atoms with Gasteiger partial charge in [-0.05, 0) is 48.8 Å². The molecular formula is C14H19N3S. The Labute approximate surface area is 112 Å². The van der Waals surface area contributed by atoms with Gasteiger partial charge in [0.25, 0.3) is 0 Å². The maximum Gasteiger partial charge on any atom is 0.0299 e. The summed E-state index contributed by atoms with van der Waals surface area (Å²) < 4.78 is 0. The van der Waals surface area contributed by atoms with Crippen molar-refractivity contribution >= 4 is 11.3 Å². The number of thiophene rings is 1. The van der Waals surface area contributed by atoms with E-state index in [9.17, 15) is 0 Å². The first kappa shape index (κ1) is 13.2. The van der Waals surface area contributed by atoms with Crippen LogP contribution in [0, 0.1) is 0 Å². The fourth-order valence-electron chi connectivity index (χ4n) is 1.97. The van der Waals surface area contributed by atoms with Crippen molar-refractivity contribution in [2.75, 3.05) is 0 Å². The van der Waals surface area contributed by atoms with Crippen molar-refractivity contribution in [1.29, 1.82) is 0 Å². The number of pyridine rings is 1. The van der Waals surface area contributed by atoms with Crippen LogP contribution in [-0.4, -0.2) is 11.0 Å². The summed E-state index contributed by atoms with van der Waals surface area (Å²) in [6, 6.07) is 8.73. The number of hydrazine groups is 1. The molecule has 0 saturated carbocycles. The topological polar surface area (TPSA) is 50.9 Å². The number of nitrogens with one attached hydrogen (secondary N) is 1. The van der Waals surface area contributed by atoms with Gasteiger partial charge in [-0.3, -0.25) is 16.3 Å². The highest BCUT2D eigenvalue weighted by Crippen LogP contribution is 2.14. The standard InChI is InChI=1S/C14H19N3S/c15-17-13(7-8-14-4-2-10-18-14)6-5-12-3-1-9-16-11-12/h1-4,9-11,13,17H,5-8,15H2. The van der Waals surface area contributed by atoms with Crippen molar-refractivity contribution in [3.63, 3.8) is 0 Å². The Balaban J connectivity index is 1.75. The molecule has 0 amide bonds. The van der Waals surface area contributed by atoms with Crippen LogP contribution in [0.2, 0.25) is 0 Å². The van der Waals surface area contributed by atoms with Crippen LogP contribution in [-0.2, 0) is 12.8 Å². The Morgan fingerprint density at radius 3 is 2.78 bits per heavy atom. The van der Waals surface area contributed by atoms with Crippen LogP contribution >= 0.6 is 11.3 Å². The van der Waals surface area contributed by atoms with E-state index in [0.29, 0.717) is 6.04 Å². The van der Waals surface area contributed by atoms with Crippen molar-refractivity contribution in [3.8, 4) is 0 Å². The van der Waals surface area contributed by atoms with Crippen molar-refractivity contribution < 1.29 is 0 Å². The van der Waals surface area contributed by atoms with E-state index in [1.54, 1.807) is 6.20 Å². The van der Waals surface area contributed by atoms with E-state index in [1.807, 2.05) is 23.6 Å². The molecule has 0 spiro atoms. The summed E-state index contributed by atoms with van der Waals surface area (Å²) in [6.07, 6.45) is 7.98. The molecule has 18 heavy (non-hydrogen) atoms. The molecule has 0 aromatic carbocycles. The average molecular weight is 261 g/mol. The molecule has 0 aliphatic heterocycles. The maximum atomic E-state index is 5.61. The molecule has 0 aliphatic carbocycles. The molecule has 2 heterocycles. The van der Waals surface area contributed by atoms with Gasteiger partial charge in [-0.2, -0.15) is 0 Å². The normalized spacial score (nSPS) is 12.5. The zero-order chi connectivity index (χ0) is 12.6. The van der Waals surface area contributed by atoms with Crippen LogP contribution in [0.15, 0.2) is 42.0 Å². The Hall–Kier alpha value is -1.23. The third-order valence-corrected chi connectivity index (χ3v) is 4.00. The highest BCUT2D eigenvalue weighted by Gasteiger charge is 2.07. The number of nitrogens with two attached hydrogens (primary N) is 1. The highest BCUT2D eigenvalue weighted by atomic mass is 32.1. The van der Waals surface area contributed by atoms with E-state index in [1.165, 1.54) is 10.4 Å². The molecular weight excluding hydrogens is 242 g/mol. The van der Waals surface area contributed by atoms with Gasteiger partial charge in [-0.25, -0.2) is 0 Å². The first-order valence-corrected chi connectivity index (χ1v) is 7.14. The predicted molar refractivity (Wildman–Crippen MR) is 76.3 cm³/mol. The summed E-state index contributed by atoms with van der Waals surface area (Å²) in [5, 5.41) is 2.12. The van der Waals surface area contributed by atoms with Crippen LogP contribution in [0.25, 0.3) is 0 Å². The molecule has 0 saturated heterocycles. The molecule has 3 nitrogen and oxygen atoms in total.